The molecule has 1 aromatic rings. The molecule has 1 rings (SSSR count). The van der Waals surface area contributed by atoms with Crippen molar-refractivity contribution in [3.63, 3.8) is 0 Å². The molecule has 0 amide bonds. The first-order chi connectivity index (χ1) is 8.56. The van der Waals surface area contributed by atoms with Crippen molar-refractivity contribution in [3.05, 3.63) is 10.8 Å². The number of hydrogen-bond acceptors (Lipinski definition) is 6. The van der Waals surface area contributed by atoms with Crippen molar-refractivity contribution in [2.24, 2.45) is 0 Å². The SMILES string of the molecule is COCc1nn(CCS(C)(=O)=O)c(Cl)c1S(=O)(=O)Cl. The van der Waals surface area contributed by atoms with Gasteiger partial charge in [0.15, 0.2) is 0 Å². The molecule has 0 saturated heterocycles. The molecule has 0 aliphatic heterocycles. The lowest BCUT2D eigenvalue weighted by Gasteiger charge is -2.01. The van der Waals surface area contributed by atoms with E-state index < -0.39 is 18.9 Å². The van der Waals surface area contributed by atoms with E-state index in [9.17, 15) is 16.8 Å². The molecule has 11 heteroatoms. The Kier molecular flexibility index (Phi) is 5.24. The molecular formula is C8H12Cl2N2O5S2. The zero-order valence-corrected chi connectivity index (χ0v) is 13.3. The number of halogens is 2. The van der Waals surface area contributed by atoms with Crippen molar-refractivity contribution >= 4 is 41.2 Å². The Bertz CT molecular complexity index is 666. The van der Waals surface area contributed by atoms with E-state index in [2.05, 4.69) is 5.10 Å². The third kappa shape index (κ3) is 4.60. The molecule has 0 spiro atoms. The van der Waals surface area contributed by atoms with Crippen molar-refractivity contribution in [2.45, 2.75) is 18.0 Å². The maximum absolute atomic E-state index is 11.4. The van der Waals surface area contributed by atoms with E-state index in [-0.39, 0.29) is 34.6 Å². The summed E-state index contributed by atoms with van der Waals surface area (Å²) in [5.74, 6) is -0.220. The fourth-order valence-corrected chi connectivity index (χ4v) is 3.68. The first kappa shape index (κ1) is 16.7. The Morgan fingerprint density at radius 2 is 1.89 bits per heavy atom. The summed E-state index contributed by atoms with van der Waals surface area (Å²) in [7, 11) is -0.691. The summed E-state index contributed by atoms with van der Waals surface area (Å²) >= 11 is 5.87. The molecule has 7 nitrogen and oxygen atoms in total. The molecule has 0 aliphatic carbocycles. The Labute approximate surface area is 120 Å². The third-order valence-electron chi connectivity index (χ3n) is 2.12. The van der Waals surface area contributed by atoms with Crippen molar-refractivity contribution in [1.82, 2.24) is 9.78 Å². The lowest BCUT2D eigenvalue weighted by Crippen LogP contribution is -2.12. The molecule has 0 fully saturated rings. The molecule has 0 bridgehead atoms. The number of methoxy groups -OCH3 is 1. The Hall–Kier alpha value is -0.350. The van der Waals surface area contributed by atoms with Crippen LogP contribution in [0.5, 0.6) is 0 Å². The zero-order valence-electron chi connectivity index (χ0n) is 10.1. The second kappa shape index (κ2) is 5.96. The first-order valence-corrected chi connectivity index (χ1v) is 9.67. The van der Waals surface area contributed by atoms with Crippen LogP contribution in [0, 0.1) is 0 Å². The molecule has 19 heavy (non-hydrogen) atoms. The fraction of sp³-hybridized carbons (Fsp3) is 0.625. The van der Waals surface area contributed by atoms with Gasteiger partial charge in [-0.3, -0.25) is 4.68 Å². The molecule has 1 heterocycles. The van der Waals surface area contributed by atoms with Crippen LogP contribution in [0.4, 0.5) is 0 Å². The lowest BCUT2D eigenvalue weighted by atomic mass is 10.5. The van der Waals surface area contributed by atoms with Gasteiger partial charge in [-0.1, -0.05) is 11.6 Å². The van der Waals surface area contributed by atoms with Crippen molar-refractivity contribution < 1.29 is 21.6 Å². The highest BCUT2D eigenvalue weighted by Crippen LogP contribution is 2.28. The van der Waals surface area contributed by atoms with Gasteiger partial charge in [-0.05, 0) is 0 Å². The summed E-state index contributed by atoms with van der Waals surface area (Å²) in [4.78, 5) is -0.355. The quantitative estimate of drug-likeness (QED) is 0.699. The van der Waals surface area contributed by atoms with Crippen LogP contribution >= 0.6 is 22.3 Å². The van der Waals surface area contributed by atoms with Crippen LogP contribution < -0.4 is 0 Å². The highest BCUT2D eigenvalue weighted by Gasteiger charge is 2.26. The van der Waals surface area contributed by atoms with Crippen LogP contribution in [0.3, 0.4) is 0 Å². The monoisotopic (exact) mass is 350 g/mol. The lowest BCUT2D eigenvalue weighted by molar-refractivity contribution is 0.178. The van der Waals surface area contributed by atoms with Gasteiger partial charge >= 0.3 is 0 Å². The number of ether oxygens (including phenoxy) is 1. The molecule has 0 aromatic carbocycles. The summed E-state index contributed by atoms with van der Waals surface area (Å²) < 4.78 is 50.9. The fourth-order valence-electron chi connectivity index (χ4n) is 1.34. The molecule has 0 atom stereocenters. The molecule has 0 N–H and O–H groups in total. The summed E-state index contributed by atoms with van der Waals surface area (Å²) in [5, 5.41) is 3.67. The van der Waals surface area contributed by atoms with E-state index in [1.807, 2.05) is 0 Å². The van der Waals surface area contributed by atoms with Gasteiger partial charge in [0.2, 0.25) is 0 Å². The van der Waals surface area contributed by atoms with Crippen molar-refractivity contribution in [2.75, 3.05) is 19.1 Å². The van der Waals surface area contributed by atoms with Gasteiger partial charge in [0.05, 0.1) is 18.9 Å². The van der Waals surface area contributed by atoms with Crippen LogP contribution in [-0.2, 0) is 36.8 Å². The maximum atomic E-state index is 11.4. The van der Waals surface area contributed by atoms with Crippen LogP contribution in [0.15, 0.2) is 4.90 Å². The van der Waals surface area contributed by atoms with E-state index >= 15 is 0 Å². The van der Waals surface area contributed by atoms with Crippen LogP contribution in [0.1, 0.15) is 5.69 Å². The Morgan fingerprint density at radius 1 is 1.32 bits per heavy atom. The van der Waals surface area contributed by atoms with E-state index in [0.717, 1.165) is 10.9 Å². The van der Waals surface area contributed by atoms with Gasteiger partial charge in [-0.15, -0.1) is 0 Å². The minimum Gasteiger partial charge on any atom is -0.378 e. The largest absolute Gasteiger partial charge is 0.378 e. The van der Waals surface area contributed by atoms with Crippen LogP contribution in [-0.4, -0.2) is 45.7 Å². The molecule has 0 saturated carbocycles. The highest BCUT2D eigenvalue weighted by atomic mass is 35.7. The van der Waals surface area contributed by atoms with Gasteiger partial charge in [0.1, 0.15) is 25.6 Å². The predicted molar refractivity (Wildman–Crippen MR) is 70.7 cm³/mol. The molecule has 0 radical (unpaired) electrons. The van der Waals surface area contributed by atoms with E-state index in [1.54, 1.807) is 0 Å². The number of aryl methyl sites for hydroxylation is 1. The summed E-state index contributed by atoms with van der Waals surface area (Å²) in [6.45, 7) is -0.173. The topological polar surface area (TPSA) is 95.3 Å². The average molecular weight is 351 g/mol. The Morgan fingerprint density at radius 3 is 2.32 bits per heavy atom. The number of aromatic nitrogens is 2. The number of hydrogen-bond donors (Lipinski definition) is 0. The van der Waals surface area contributed by atoms with Crippen molar-refractivity contribution in [1.29, 1.82) is 0 Å². The summed E-state index contributed by atoms with van der Waals surface area (Å²) in [5.41, 5.74) is 0.0380. The van der Waals surface area contributed by atoms with Gasteiger partial charge < -0.3 is 4.74 Å². The number of rotatable bonds is 6. The van der Waals surface area contributed by atoms with Gasteiger partial charge in [0.25, 0.3) is 9.05 Å². The van der Waals surface area contributed by atoms with E-state index in [4.69, 9.17) is 27.0 Å². The summed E-state index contributed by atoms with van der Waals surface area (Å²) in [6, 6.07) is 0. The second-order valence-corrected chi connectivity index (χ2v) is 8.91. The van der Waals surface area contributed by atoms with E-state index in [1.165, 1.54) is 7.11 Å². The zero-order chi connectivity index (χ0) is 14.8. The third-order valence-corrected chi connectivity index (χ3v) is 4.92. The van der Waals surface area contributed by atoms with Gasteiger partial charge in [-0.2, -0.15) is 5.10 Å². The normalized spacial score (nSPS) is 12.8. The molecular weight excluding hydrogens is 339 g/mol. The maximum Gasteiger partial charge on any atom is 0.266 e. The minimum atomic E-state index is -4.09. The molecule has 1 aromatic heterocycles. The van der Waals surface area contributed by atoms with Gasteiger partial charge in [-0.25, -0.2) is 16.8 Å². The molecule has 0 aliphatic rings. The number of nitrogens with zero attached hydrogens (tertiary/aromatic N) is 2. The first-order valence-electron chi connectivity index (χ1n) is 4.92. The Balaban J connectivity index is 3.22. The molecule has 0 unspecified atom stereocenters. The second-order valence-electron chi connectivity index (χ2n) is 3.79. The average Bonchev–Trinajstić information content (AvgIpc) is 2.51. The summed E-state index contributed by atoms with van der Waals surface area (Å²) in [6.07, 6.45) is 1.06. The predicted octanol–water partition coefficient (Wildman–Crippen LogP) is 0.655. The van der Waals surface area contributed by atoms with Crippen LogP contribution in [0.2, 0.25) is 5.15 Å². The molecule has 110 valence electrons. The number of sulfone groups is 1. The van der Waals surface area contributed by atoms with E-state index in [0.29, 0.717) is 0 Å². The standard InChI is InChI=1S/C8H12Cl2N2O5S2/c1-17-5-6-7(19(10,15)16)8(9)12(11-6)3-4-18(2,13)14/h3-5H2,1-2H3. The minimum absolute atomic E-state index is 0.0380. The van der Waals surface area contributed by atoms with Gasteiger partial charge in [0, 0.05) is 24.0 Å². The smallest absolute Gasteiger partial charge is 0.266 e. The van der Waals surface area contributed by atoms with Crippen molar-refractivity contribution in [3.8, 4) is 0 Å². The van der Waals surface area contributed by atoms with Crippen LogP contribution in [0.25, 0.3) is 0 Å². The highest BCUT2D eigenvalue weighted by molar-refractivity contribution is 8.13.